The Morgan fingerprint density at radius 1 is 1.32 bits per heavy atom. The highest BCUT2D eigenvalue weighted by atomic mass is 32.2. The third-order valence-electron chi connectivity index (χ3n) is 1.81. The fourth-order valence-corrected chi connectivity index (χ4v) is 1.63. The normalized spacial score (nSPS) is 9.68. The summed E-state index contributed by atoms with van der Waals surface area (Å²) in [5.74, 6) is 0.707. The number of thioether (sulfide) groups is 1. The molecule has 1 N–H and O–H groups in total. The van der Waals surface area contributed by atoms with Crippen LogP contribution in [-0.2, 0) is 4.79 Å². The first kappa shape index (κ1) is 15.2. The third-order valence-corrected chi connectivity index (χ3v) is 2.66. The van der Waals surface area contributed by atoms with Crippen LogP contribution in [0.15, 0.2) is 16.3 Å². The van der Waals surface area contributed by atoms with E-state index in [2.05, 4.69) is 20.5 Å². The highest BCUT2D eigenvalue weighted by molar-refractivity contribution is 7.99. The quantitative estimate of drug-likeness (QED) is 0.364. The lowest BCUT2D eigenvalue weighted by Gasteiger charge is -2.05. The van der Waals surface area contributed by atoms with Gasteiger partial charge in [-0.2, -0.15) is 15.1 Å². The SMILES string of the molecule is COc1cc(OC)nc(SCC(=O)NN=C(C)C)n1. The van der Waals surface area contributed by atoms with Crippen LogP contribution in [0.3, 0.4) is 0 Å². The number of hydrogen-bond acceptors (Lipinski definition) is 7. The monoisotopic (exact) mass is 284 g/mol. The summed E-state index contributed by atoms with van der Waals surface area (Å²) in [4.78, 5) is 19.7. The Kier molecular flexibility index (Phi) is 6.07. The molecule has 19 heavy (non-hydrogen) atoms. The Hall–Kier alpha value is -1.83. The van der Waals surface area contributed by atoms with Gasteiger partial charge in [-0.3, -0.25) is 4.79 Å². The van der Waals surface area contributed by atoms with E-state index in [0.29, 0.717) is 16.9 Å². The van der Waals surface area contributed by atoms with Gasteiger partial charge in [-0.15, -0.1) is 0 Å². The van der Waals surface area contributed by atoms with Crippen LogP contribution >= 0.6 is 11.8 Å². The molecule has 7 nitrogen and oxygen atoms in total. The second kappa shape index (κ2) is 7.57. The molecule has 1 heterocycles. The van der Waals surface area contributed by atoms with Gasteiger partial charge in [0.1, 0.15) is 0 Å². The Morgan fingerprint density at radius 2 is 1.89 bits per heavy atom. The standard InChI is InChI=1S/C11H16N4O3S/c1-7(2)14-15-8(16)6-19-11-12-9(17-3)5-10(13-11)18-4/h5H,6H2,1-4H3,(H,15,16). The van der Waals surface area contributed by atoms with Crippen LogP contribution in [0.5, 0.6) is 11.8 Å². The van der Waals surface area contributed by atoms with E-state index in [9.17, 15) is 4.79 Å². The first-order valence-corrected chi connectivity index (χ1v) is 6.43. The number of carbonyl (C=O) groups excluding carboxylic acids is 1. The van der Waals surface area contributed by atoms with Gasteiger partial charge in [0.2, 0.25) is 11.8 Å². The molecule has 1 amide bonds. The van der Waals surface area contributed by atoms with E-state index < -0.39 is 0 Å². The zero-order valence-corrected chi connectivity index (χ0v) is 12.1. The van der Waals surface area contributed by atoms with Gasteiger partial charge in [-0.05, 0) is 13.8 Å². The van der Waals surface area contributed by atoms with Crippen molar-refractivity contribution in [2.75, 3.05) is 20.0 Å². The van der Waals surface area contributed by atoms with E-state index in [1.165, 1.54) is 26.0 Å². The molecule has 0 aliphatic heterocycles. The average molecular weight is 284 g/mol. The van der Waals surface area contributed by atoms with Crippen molar-refractivity contribution in [3.63, 3.8) is 0 Å². The number of nitrogens with one attached hydrogen (secondary N) is 1. The second-order valence-corrected chi connectivity index (χ2v) is 4.56. The van der Waals surface area contributed by atoms with E-state index in [1.54, 1.807) is 19.9 Å². The zero-order chi connectivity index (χ0) is 14.3. The van der Waals surface area contributed by atoms with E-state index >= 15 is 0 Å². The number of aromatic nitrogens is 2. The van der Waals surface area contributed by atoms with Crippen molar-refractivity contribution in [1.29, 1.82) is 0 Å². The zero-order valence-electron chi connectivity index (χ0n) is 11.3. The number of rotatable bonds is 6. The number of nitrogens with zero attached hydrogens (tertiary/aromatic N) is 3. The molecular formula is C11H16N4O3S. The molecule has 0 atom stereocenters. The van der Waals surface area contributed by atoms with Crippen LogP contribution in [0.2, 0.25) is 0 Å². The molecule has 1 rings (SSSR count). The van der Waals surface area contributed by atoms with Gasteiger partial charge in [-0.25, -0.2) is 5.43 Å². The van der Waals surface area contributed by atoms with Crippen LogP contribution in [-0.4, -0.2) is 41.6 Å². The molecule has 0 spiro atoms. The van der Waals surface area contributed by atoms with Crippen molar-refractivity contribution in [2.45, 2.75) is 19.0 Å². The number of carbonyl (C=O) groups is 1. The van der Waals surface area contributed by atoms with Crippen molar-refractivity contribution in [3.8, 4) is 11.8 Å². The minimum atomic E-state index is -0.225. The second-order valence-electron chi connectivity index (χ2n) is 3.62. The summed E-state index contributed by atoms with van der Waals surface area (Å²) in [6.07, 6.45) is 0. The third kappa shape index (κ3) is 5.56. The van der Waals surface area contributed by atoms with Gasteiger partial charge < -0.3 is 9.47 Å². The predicted molar refractivity (Wildman–Crippen MR) is 72.8 cm³/mol. The number of methoxy groups -OCH3 is 2. The largest absolute Gasteiger partial charge is 0.481 e. The van der Waals surface area contributed by atoms with E-state index in [-0.39, 0.29) is 11.7 Å². The highest BCUT2D eigenvalue weighted by Gasteiger charge is 2.08. The van der Waals surface area contributed by atoms with Crippen LogP contribution in [0.25, 0.3) is 0 Å². The summed E-state index contributed by atoms with van der Waals surface area (Å²) in [5.41, 5.74) is 3.20. The van der Waals surface area contributed by atoms with Gasteiger partial charge >= 0.3 is 0 Å². The lowest BCUT2D eigenvalue weighted by molar-refractivity contribution is -0.118. The molecule has 0 aliphatic carbocycles. The number of hydrogen-bond donors (Lipinski definition) is 1. The topological polar surface area (TPSA) is 85.7 Å². The van der Waals surface area contributed by atoms with Crippen molar-refractivity contribution in [1.82, 2.24) is 15.4 Å². The van der Waals surface area contributed by atoms with Gasteiger partial charge in [0.05, 0.1) is 26.0 Å². The molecule has 0 saturated heterocycles. The molecule has 0 saturated carbocycles. The van der Waals surface area contributed by atoms with E-state index in [4.69, 9.17) is 9.47 Å². The molecule has 1 aromatic rings. The summed E-state index contributed by atoms with van der Waals surface area (Å²) >= 11 is 1.18. The minimum absolute atomic E-state index is 0.160. The molecule has 0 radical (unpaired) electrons. The summed E-state index contributed by atoms with van der Waals surface area (Å²) < 4.78 is 10.0. The summed E-state index contributed by atoms with van der Waals surface area (Å²) in [5, 5.41) is 4.22. The summed E-state index contributed by atoms with van der Waals surface area (Å²) in [6, 6.07) is 1.56. The van der Waals surface area contributed by atoms with Gasteiger partial charge in [0.15, 0.2) is 5.16 Å². The minimum Gasteiger partial charge on any atom is -0.481 e. The Morgan fingerprint density at radius 3 is 2.37 bits per heavy atom. The Bertz CT molecular complexity index is 453. The average Bonchev–Trinajstić information content (AvgIpc) is 2.42. The van der Waals surface area contributed by atoms with Crippen LogP contribution in [0, 0.1) is 0 Å². The fourth-order valence-electron chi connectivity index (χ4n) is 0.994. The maximum Gasteiger partial charge on any atom is 0.250 e. The van der Waals surface area contributed by atoms with Gasteiger partial charge in [0.25, 0.3) is 5.91 Å². The molecule has 0 unspecified atom stereocenters. The fraction of sp³-hybridized carbons (Fsp3) is 0.455. The van der Waals surface area contributed by atoms with Crippen LogP contribution < -0.4 is 14.9 Å². The van der Waals surface area contributed by atoms with Crippen molar-refractivity contribution >= 4 is 23.4 Å². The molecule has 0 aliphatic rings. The first-order chi connectivity index (χ1) is 9.05. The molecule has 8 heteroatoms. The predicted octanol–water partition coefficient (Wildman–Crippen LogP) is 1.10. The summed E-state index contributed by atoms with van der Waals surface area (Å²) in [7, 11) is 3.00. The van der Waals surface area contributed by atoms with Crippen molar-refractivity contribution in [3.05, 3.63) is 6.07 Å². The van der Waals surface area contributed by atoms with Crippen LogP contribution in [0.1, 0.15) is 13.8 Å². The lowest BCUT2D eigenvalue weighted by atomic mass is 10.5. The maximum atomic E-state index is 11.5. The molecule has 1 aromatic heterocycles. The molecule has 0 bridgehead atoms. The van der Waals surface area contributed by atoms with Gasteiger partial charge in [-0.1, -0.05) is 11.8 Å². The molecule has 0 aromatic carbocycles. The molecule has 104 valence electrons. The van der Waals surface area contributed by atoms with E-state index in [1.807, 2.05) is 0 Å². The number of ether oxygens (including phenoxy) is 2. The Balaban J connectivity index is 2.62. The number of hydrazone groups is 1. The molecular weight excluding hydrogens is 268 g/mol. The summed E-state index contributed by atoms with van der Waals surface area (Å²) in [6.45, 7) is 3.59. The van der Waals surface area contributed by atoms with Gasteiger partial charge in [0, 0.05) is 5.71 Å². The first-order valence-electron chi connectivity index (χ1n) is 5.44. The molecule has 0 fully saturated rings. The smallest absolute Gasteiger partial charge is 0.250 e. The highest BCUT2D eigenvalue weighted by Crippen LogP contribution is 2.21. The Labute approximate surface area is 115 Å². The van der Waals surface area contributed by atoms with Crippen molar-refractivity contribution in [2.24, 2.45) is 5.10 Å². The maximum absolute atomic E-state index is 11.5. The number of amides is 1. The van der Waals surface area contributed by atoms with E-state index in [0.717, 1.165) is 5.71 Å². The van der Waals surface area contributed by atoms with Crippen molar-refractivity contribution < 1.29 is 14.3 Å². The lowest BCUT2D eigenvalue weighted by Crippen LogP contribution is -2.20. The van der Waals surface area contributed by atoms with Crippen LogP contribution in [0.4, 0.5) is 0 Å².